The van der Waals surface area contributed by atoms with Gasteiger partial charge in [0.1, 0.15) is 11.5 Å². The van der Waals surface area contributed by atoms with E-state index in [9.17, 15) is 9.59 Å². The van der Waals surface area contributed by atoms with Crippen LogP contribution in [0.1, 0.15) is 41.3 Å². The number of aryl methyl sites for hydroxylation is 2. The smallest absolute Gasteiger partial charge is 0.310 e. The molecule has 0 radical (unpaired) electrons. The molecule has 18 heavy (non-hydrogen) atoms. The van der Waals surface area contributed by atoms with E-state index in [1.165, 1.54) is 0 Å². The van der Waals surface area contributed by atoms with Crippen LogP contribution in [0.5, 0.6) is 0 Å². The minimum Gasteiger partial charge on any atom is -0.481 e. The van der Waals surface area contributed by atoms with Gasteiger partial charge >= 0.3 is 5.97 Å². The molecule has 100 valence electrons. The average molecular weight is 253 g/mol. The number of carboxylic acids is 1. The van der Waals surface area contributed by atoms with Crippen LogP contribution >= 0.6 is 0 Å². The van der Waals surface area contributed by atoms with Gasteiger partial charge in [-0.3, -0.25) is 9.59 Å². The van der Waals surface area contributed by atoms with E-state index in [-0.39, 0.29) is 12.5 Å². The van der Waals surface area contributed by atoms with E-state index in [0.717, 1.165) is 5.56 Å². The van der Waals surface area contributed by atoms with Crippen molar-refractivity contribution >= 4 is 11.9 Å². The topological polar surface area (TPSA) is 79.5 Å². The van der Waals surface area contributed by atoms with Crippen LogP contribution in [0, 0.1) is 26.2 Å². The van der Waals surface area contributed by atoms with Gasteiger partial charge in [0.15, 0.2) is 0 Å². The van der Waals surface area contributed by atoms with Crippen LogP contribution in [0.3, 0.4) is 0 Å². The van der Waals surface area contributed by atoms with Crippen LogP contribution in [-0.2, 0) is 4.79 Å². The van der Waals surface area contributed by atoms with Crippen LogP contribution < -0.4 is 5.32 Å². The summed E-state index contributed by atoms with van der Waals surface area (Å²) in [5, 5.41) is 11.6. The molecule has 5 heteroatoms. The molecule has 0 unspecified atom stereocenters. The summed E-state index contributed by atoms with van der Waals surface area (Å²) in [7, 11) is 0. The first kappa shape index (κ1) is 14.3. The monoisotopic (exact) mass is 253 g/mol. The lowest BCUT2D eigenvalue weighted by Gasteiger charge is -2.19. The summed E-state index contributed by atoms with van der Waals surface area (Å²) < 4.78 is 5.37. The lowest BCUT2D eigenvalue weighted by atomic mass is 9.93. The molecule has 1 amide bonds. The number of hydrogen-bond donors (Lipinski definition) is 2. The largest absolute Gasteiger partial charge is 0.481 e. The average Bonchev–Trinajstić information content (AvgIpc) is 2.50. The molecule has 2 N–H and O–H groups in total. The van der Waals surface area contributed by atoms with Crippen molar-refractivity contribution in [2.24, 2.45) is 5.41 Å². The highest BCUT2D eigenvalue weighted by Gasteiger charge is 2.28. The molecule has 0 bridgehead atoms. The molecule has 1 rings (SSSR count). The predicted octanol–water partition coefficient (Wildman–Crippen LogP) is 2.05. The number of carboxylic acid groups (broad SMARTS) is 1. The highest BCUT2D eigenvalue weighted by atomic mass is 16.4. The van der Waals surface area contributed by atoms with Crippen molar-refractivity contribution in [1.82, 2.24) is 5.32 Å². The quantitative estimate of drug-likeness (QED) is 0.860. The number of amides is 1. The van der Waals surface area contributed by atoms with Gasteiger partial charge in [0.25, 0.3) is 5.91 Å². The molecule has 0 fully saturated rings. The summed E-state index contributed by atoms with van der Waals surface area (Å²) in [6, 6.07) is 0. The van der Waals surface area contributed by atoms with E-state index in [0.29, 0.717) is 17.1 Å². The SMILES string of the molecule is Cc1oc(C)c(C(=O)NCC(C)(C)C(=O)O)c1C. The first-order valence-corrected chi connectivity index (χ1v) is 5.75. The number of carbonyl (C=O) groups is 2. The van der Waals surface area contributed by atoms with E-state index < -0.39 is 11.4 Å². The molecule has 0 aliphatic rings. The van der Waals surface area contributed by atoms with Crippen LogP contribution in [0.25, 0.3) is 0 Å². The van der Waals surface area contributed by atoms with Gasteiger partial charge in [0, 0.05) is 12.1 Å². The molecule has 1 heterocycles. The number of rotatable bonds is 4. The summed E-state index contributed by atoms with van der Waals surface area (Å²) in [4.78, 5) is 22.9. The fraction of sp³-hybridized carbons (Fsp3) is 0.538. The van der Waals surface area contributed by atoms with Crippen molar-refractivity contribution in [2.45, 2.75) is 34.6 Å². The number of aliphatic carboxylic acids is 1. The minimum atomic E-state index is -0.990. The summed E-state index contributed by atoms with van der Waals surface area (Å²) in [6.45, 7) is 8.52. The maximum Gasteiger partial charge on any atom is 0.310 e. The zero-order valence-corrected chi connectivity index (χ0v) is 11.4. The zero-order chi connectivity index (χ0) is 14.1. The van der Waals surface area contributed by atoms with Gasteiger partial charge in [-0.25, -0.2) is 0 Å². The van der Waals surface area contributed by atoms with Crippen LogP contribution in [0.15, 0.2) is 4.42 Å². The van der Waals surface area contributed by atoms with Crippen molar-refractivity contribution in [3.63, 3.8) is 0 Å². The summed E-state index contributed by atoms with van der Waals surface area (Å²) >= 11 is 0. The Morgan fingerprint density at radius 1 is 1.22 bits per heavy atom. The van der Waals surface area contributed by atoms with Crippen LogP contribution in [0.4, 0.5) is 0 Å². The Hall–Kier alpha value is -1.78. The van der Waals surface area contributed by atoms with Gasteiger partial charge in [-0.1, -0.05) is 0 Å². The number of carbonyl (C=O) groups excluding carboxylic acids is 1. The molecule has 5 nitrogen and oxygen atoms in total. The molecule has 0 spiro atoms. The lowest BCUT2D eigenvalue weighted by molar-refractivity contribution is -0.146. The van der Waals surface area contributed by atoms with Crippen molar-refractivity contribution in [3.8, 4) is 0 Å². The molecule has 0 aliphatic heterocycles. The fourth-order valence-corrected chi connectivity index (χ4v) is 1.59. The summed E-state index contributed by atoms with van der Waals surface area (Å²) in [5.41, 5.74) is 0.294. The Morgan fingerprint density at radius 2 is 1.78 bits per heavy atom. The third-order valence-corrected chi connectivity index (χ3v) is 3.06. The second kappa shape index (κ2) is 4.84. The fourth-order valence-electron chi connectivity index (χ4n) is 1.59. The Labute approximate surface area is 106 Å². The standard InChI is InChI=1S/C13H19NO4/c1-7-8(2)18-9(3)10(7)11(15)14-6-13(4,5)12(16)17/h6H2,1-5H3,(H,14,15)(H,16,17). The van der Waals surface area contributed by atoms with Gasteiger partial charge < -0.3 is 14.8 Å². The van der Waals surface area contributed by atoms with Gasteiger partial charge in [0.2, 0.25) is 0 Å². The molecule has 0 saturated carbocycles. The number of furan rings is 1. The molecule has 0 atom stereocenters. The Kier molecular flexibility index (Phi) is 3.84. The van der Waals surface area contributed by atoms with E-state index in [2.05, 4.69) is 5.32 Å². The van der Waals surface area contributed by atoms with E-state index >= 15 is 0 Å². The van der Waals surface area contributed by atoms with E-state index in [1.807, 2.05) is 6.92 Å². The highest BCUT2D eigenvalue weighted by Crippen LogP contribution is 2.21. The first-order valence-electron chi connectivity index (χ1n) is 5.75. The van der Waals surface area contributed by atoms with E-state index in [1.54, 1.807) is 27.7 Å². The zero-order valence-electron chi connectivity index (χ0n) is 11.4. The van der Waals surface area contributed by atoms with Gasteiger partial charge in [-0.15, -0.1) is 0 Å². The minimum absolute atomic E-state index is 0.0737. The number of hydrogen-bond acceptors (Lipinski definition) is 3. The molecule has 1 aromatic heterocycles. The van der Waals surface area contributed by atoms with Gasteiger partial charge in [-0.2, -0.15) is 0 Å². The highest BCUT2D eigenvalue weighted by molar-refractivity contribution is 5.97. The van der Waals surface area contributed by atoms with Crippen molar-refractivity contribution in [2.75, 3.05) is 6.54 Å². The second-order valence-electron chi connectivity index (χ2n) is 5.09. The normalized spacial score (nSPS) is 11.4. The van der Waals surface area contributed by atoms with Crippen molar-refractivity contribution in [1.29, 1.82) is 0 Å². The first-order chi connectivity index (χ1) is 8.16. The second-order valence-corrected chi connectivity index (χ2v) is 5.09. The molecular weight excluding hydrogens is 234 g/mol. The summed E-state index contributed by atoms with van der Waals surface area (Å²) in [6.07, 6.45) is 0. The van der Waals surface area contributed by atoms with Crippen LogP contribution in [-0.4, -0.2) is 23.5 Å². The molecule has 1 aromatic rings. The van der Waals surface area contributed by atoms with Crippen molar-refractivity contribution < 1.29 is 19.1 Å². The third-order valence-electron chi connectivity index (χ3n) is 3.06. The van der Waals surface area contributed by atoms with Gasteiger partial charge in [0.05, 0.1) is 11.0 Å². The molecule has 0 saturated heterocycles. The molecule has 0 aliphatic carbocycles. The van der Waals surface area contributed by atoms with Gasteiger partial charge in [-0.05, 0) is 34.6 Å². The maximum atomic E-state index is 12.0. The van der Waals surface area contributed by atoms with E-state index in [4.69, 9.17) is 9.52 Å². The third kappa shape index (κ3) is 2.72. The molecule has 0 aromatic carbocycles. The molecular formula is C13H19NO4. The van der Waals surface area contributed by atoms with Crippen LogP contribution in [0.2, 0.25) is 0 Å². The Bertz CT molecular complexity index is 485. The lowest BCUT2D eigenvalue weighted by Crippen LogP contribution is -2.39. The Morgan fingerprint density at radius 3 is 2.17 bits per heavy atom. The predicted molar refractivity (Wildman–Crippen MR) is 66.7 cm³/mol. The van der Waals surface area contributed by atoms with Crippen molar-refractivity contribution in [3.05, 3.63) is 22.6 Å². The summed E-state index contributed by atoms with van der Waals surface area (Å²) in [5.74, 6) is 0.0153. The Balaban J connectivity index is 2.81. The maximum absolute atomic E-state index is 12.0. The number of nitrogens with one attached hydrogen (secondary N) is 1.